The highest BCUT2D eigenvalue weighted by molar-refractivity contribution is 5.75. The molecule has 156 valence electrons. The fourth-order valence-corrected chi connectivity index (χ4v) is 3.23. The minimum absolute atomic E-state index is 0.0709. The van der Waals surface area contributed by atoms with Crippen molar-refractivity contribution in [2.24, 2.45) is 0 Å². The molecule has 0 saturated carbocycles. The number of ether oxygens (including phenoxy) is 1. The van der Waals surface area contributed by atoms with Gasteiger partial charge in [0, 0.05) is 20.0 Å². The number of carbonyl (C=O) groups excluding carboxylic acids is 1. The van der Waals surface area contributed by atoms with Crippen molar-refractivity contribution in [1.82, 2.24) is 4.90 Å². The number of hydrogen-bond donors (Lipinski definition) is 1. The van der Waals surface area contributed by atoms with Crippen LogP contribution in [0.2, 0.25) is 0 Å². The second-order valence-electron chi connectivity index (χ2n) is 7.15. The van der Waals surface area contributed by atoms with Gasteiger partial charge < -0.3 is 14.7 Å². The van der Waals surface area contributed by atoms with E-state index in [-0.39, 0.29) is 11.6 Å². The van der Waals surface area contributed by atoms with E-state index >= 15 is 0 Å². The van der Waals surface area contributed by atoms with Crippen LogP contribution in [-0.2, 0) is 11.3 Å². The van der Waals surface area contributed by atoms with E-state index in [1.54, 1.807) is 24.9 Å². The number of aryl methyl sites for hydroxylation is 1. The van der Waals surface area contributed by atoms with E-state index in [1.165, 1.54) is 13.0 Å². The fraction of sp³-hybridized carbons (Fsp3) is 0.409. The van der Waals surface area contributed by atoms with E-state index < -0.39 is 11.0 Å². The number of aliphatic hydroxyl groups excluding tert-OH is 1. The number of unbranched alkanes of at least 4 members (excludes halogenated alkanes) is 1. The zero-order valence-corrected chi connectivity index (χ0v) is 17.1. The van der Waals surface area contributed by atoms with Gasteiger partial charge in [0.1, 0.15) is 5.75 Å². The van der Waals surface area contributed by atoms with Gasteiger partial charge in [-0.15, -0.1) is 0 Å². The summed E-state index contributed by atoms with van der Waals surface area (Å²) in [5.41, 5.74) is 1.85. The minimum Gasteiger partial charge on any atom is -0.493 e. The van der Waals surface area contributed by atoms with Crippen molar-refractivity contribution in [3.05, 3.63) is 69.3 Å². The van der Waals surface area contributed by atoms with Gasteiger partial charge in [0.2, 0.25) is 5.91 Å². The maximum atomic E-state index is 12.2. The number of nitrogens with zero attached hydrogens (tertiary/aromatic N) is 2. The van der Waals surface area contributed by atoms with Crippen molar-refractivity contribution >= 4 is 11.6 Å². The SMILES string of the molecule is Cc1cc(OCCCCC(=O)N(C)Cc2ccccc2)cc([N+](=O)[O-])c1C(C)O. The lowest BCUT2D eigenvalue weighted by Gasteiger charge is -2.17. The van der Waals surface area contributed by atoms with Crippen molar-refractivity contribution in [3.8, 4) is 5.75 Å². The summed E-state index contributed by atoms with van der Waals surface area (Å²) in [5.74, 6) is 0.466. The van der Waals surface area contributed by atoms with Crippen LogP contribution in [0.5, 0.6) is 5.75 Å². The van der Waals surface area contributed by atoms with Crippen LogP contribution in [0, 0.1) is 17.0 Å². The molecule has 2 rings (SSSR count). The largest absolute Gasteiger partial charge is 0.493 e. The van der Waals surface area contributed by atoms with E-state index in [1.807, 2.05) is 30.3 Å². The summed E-state index contributed by atoms with van der Waals surface area (Å²) < 4.78 is 5.64. The molecule has 7 heteroatoms. The van der Waals surface area contributed by atoms with Crippen molar-refractivity contribution in [3.63, 3.8) is 0 Å². The molecule has 2 aromatic carbocycles. The first-order valence-corrected chi connectivity index (χ1v) is 9.67. The maximum absolute atomic E-state index is 12.2. The van der Waals surface area contributed by atoms with Crippen molar-refractivity contribution in [2.45, 2.75) is 45.8 Å². The molecule has 0 bridgehead atoms. The normalized spacial score (nSPS) is 11.7. The molecule has 0 fully saturated rings. The highest BCUT2D eigenvalue weighted by Crippen LogP contribution is 2.32. The van der Waals surface area contributed by atoms with Gasteiger partial charge in [0.25, 0.3) is 5.69 Å². The van der Waals surface area contributed by atoms with E-state index in [0.29, 0.717) is 49.3 Å². The number of rotatable bonds is 10. The molecule has 2 aromatic rings. The van der Waals surface area contributed by atoms with Crippen molar-refractivity contribution in [1.29, 1.82) is 0 Å². The van der Waals surface area contributed by atoms with Crippen molar-refractivity contribution in [2.75, 3.05) is 13.7 Å². The molecule has 0 aliphatic rings. The molecule has 0 aromatic heterocycles. The molecule has 0 aliphatic carbocycles. The van der Waals surface area contributed by atoms with Crippen LogP contribution in [0.1, 0.15) is 49.0 Å². The predicted octanol–water partition coefficient (Wildman–Crippen LogP) is 4.16. The minimum atomic E-state index is -0.927. The van der Waals surface area contributed by atoms with E-state index in [9.17, 15) is 20.0 Å². The van der Waals surface area contributed by atoms with Crippen LogP contribution < -0.4 is 4.74 Å². The second kappa shape index (κ2) is 10.6. The van der Waals surface area contributed by atoms with Gasteiger partial charge in [-0.1, -0.05) is 30.3 Å². The molecule has 1 unspecified atom stereocenters. The number of carbonyl (C=O) groups is 1. The first kappa shape index (κ1) is 22.4. The summed E-state index contributed by atoms with van der Waals surface area (Å²) in [6.07, 6.45) is 0.830. The number of benzene rings is 2. The Labute approximate surface area is 171 Å². The Hall–Kier alpha value is -2.93. The van der Waals surface area contributed by atoms with E-state index in [0.717, 1.165) is 5.56 Å². The third-order valence-electron chi connectivity index (χ3n) is 4.70. The lowest BCUT2D eigenvalue weighted by Crippen LogP contribution is -2.25. The Bertz CT molecular complexity index is 837. The van der Waals surface area contributed by atoms with Gasteiger partial charge in [-0.05, 0) is 43.9 Å². The summed E-state index contributed by atoms with van der Waals surface area (Å²) in [6.45, 7) is 4.15. The van der Waals surface area contributed by atoms with E-state index in [2.05, 4.69) is 0 Å². The van der Waals surface area contributed by atoms with Crippen LogP contribution in [0.3, 0.4) is 0 Å². The quantitative estimate of drug-likeness (QED) is 0.367. The summed E-state index contributed by atoms with van der Waals surface area (Å²) >= 11 is 0. The molecule has 0 radical (unpaired) electrons. The summed E-state index contributed by atoms with van der Waals surface area (Å²) in [5, 5.41) is 21.1. The molecule has 0 spiro atoms. The predicted molar refractivity (Wildman–Crippen MR) is 111 cm³/mol. The maximum Gasteiger partial charge on any atom is 0.279 e. The molecule has 1 amide bonds. The smallest absolute Gasteiger partial charge is 0.279 e. The number of aliphatic hydroxyl groups is 1. The highest BCUT2D eigenvalue weighted by atomic mass is 16.6. The van der Waals surface area contributed by atoms with E-state index in [4.69, 9.17) is 4.74 Å². The molecular formula is C22H28N2O5. The topological polar surface area (TPSA) is 92.9 Å². The van der Waals surface area contributed by atoms with Crippen LogP contribution in [0.15, 0.2) is 42.5 Å². The summed E-state index contributed by atoms with van der Waals surface area (Å²) in [6, 6.07) is 12.8. The molecule has 0 heterocycles. The summed E-state index contributed by atoms with van der Waals surface area (Å²) in [4.78, 5) is 24.7. The van der Waals surface area contributed by atoms with Gasteiger partial charge in [-0.3, -0.25) is 14.9 Å². The number of nitro groups is 1. The fourth-order valence-electron chi connectivity index (χ4n) is 3.23. The standard InChI is InChI=1S/C22H28N2O5/c1-16-13-19(14-20(24(27)28)22(16)17(2)25)29-12-8-7-11-21(26)23(3)15-18-9-5-4-6-10-18/h4-6,9-10,13-14,17,25H,7-8,11-12,15H2,1-3H3. The average Bonchev–Trinajstić information content (AvgIpc) is 2.67. The summed E-state index contributed by atoms with van der Waals surface area (Å²) in [7, 11) is 1.79. The Morgan fingerprint density at radius 3 is 2.55 bits per heavy atom. The highest BCUT2D eigenvalue weighted by Gasteiger charge is 2.21. The Kier molecular flexibility index (Phi) is 8.15. The lowest BCUT2D eigenvalue weighted by atomic mass is 10.0. The van der Waals surface area contributed by atoms with Crippen LogP contribution in [0.25, 0.3) is 0 Å². The van der Waals surface area contributed by atoms with Crippen LogP contribution in [0.4, 0.5) is 5.69 Å². The molecule has 7 nitrogen and oxygen atoms in total. The van der Waals surface area contributed by atoms with Crippen LogP contribution in [-0.4, -0.2) is 34.5 Å². The Morgan fingerprint density at radius 1 is 1.24 bits per heavy atom. The number of amides is 1. The number of nitro benzene ring substituents is 1. The first-order chi connectivity index (χ1) is 13.8. The molecular weight excluding hydrogens is 372 g/mol. The van der Waals surface area contributed by atoms with Gasteiger partial charge in [0.05, 0.1) is 29.3 Å². The average molecular weight is 400 g/mol. The van der Waals surface area contributed by atoms with Crippen molar-refractivity contribution < 1.29 is 19.6 Å². The monoisotopic (exact) mass is 400 g/mol. The van der Waals surface area contributed by atoms with Crippen LogP contribution >= 0.6 is 0 Å². The molecule has 1 N–H and O–H groups in total. The number of hydrogen-bond acceptors (Lipinski definition) is 5. The first-order valence-electron chi connectivity index (χ1n) is 9.67. The molecule has 0 aliphatic heterocycles. The van der Waals surface area contributed by atoms with Gasteiger partial charge in [0.15, 0.2) is 0 Å². The molecule has 29 heavy (non-hydrogen) atoms. The lowest BCUT2D eigenvalue weighted by molar-refractivity contribution is -0.386. The molecule has 0 saturated heterocycles. The Morgan fingerprint density at radius 2 is 1.93 bits per heavy atom. The van der Waals surface area contributed by atoms with Gasteiger partial charge in [-0.2, -0.15) is 0 Å². The molecule has 1 atom stereocenters. The zero-order chi connectivity index (χ0) is 21.4. The van der Waals surface area contributed by atoms with Gasteiger partial charge >= 0.3 is 0 Å². The zero-order valence-electron chi connectivity index (χ0n) is 17.1. The third-order valence-corrected chi connectivity index (χ3v) is 4.70. The second-order valence-corrected chi connectivity index (χ2v) is 7.15. The Balaban J connectivity index is 1.80. The van der Waals surface area contributed by atoms with Gasteiger partial charge in [-0.25, -0.2) is 0 Å². The third kappa shape index (κ3) is 6.57.